The van der Waals surface area contributed by atoms with Crippen LogP contribution < -0.4 is 0 Å². The molecule has 1 N–H and O–H groups in total. The second kappa shape index (κ2) is 17.5. The molecule has 6 aromatic carbocycles. The fourth-order valence-electron chi connectivity index (χ4n) is 8.19. The fourth-order valence-corrected chi connectivity index (χ4v) is 8.19. The van der Waals surface area contributed by atoms with E-state index in [0.717, 1.165) is 62.1 Å². The standard InChI is InChI=1S/C58H60N3O.Pt/c1-37(2)29-38-25-26-51(47(30-38)40-21-16-13-17-22-40)61-52-24-18-23-46(53(52)60-55(61)48-35-45(57(6,7)8)36-49(54(48)62)58(9,10)11)42-31-43(33-44(32-42)56(3,4)5)50-34-41(27-28-59-50)39-19-14-12-15-20-39;/h12-28,30,32-37,62H,29H2,1-11H3;/q-1;/i12D,14D,15D,19D,20D;. The van der Waals surface area contributed by atoms with Crippen molar-refractivity contribution < 1.29 is 33.0 Å². The first kappa shape index (κ1) is 39.1. The Morgan fingerprint density at radius 1 is 0.651 bits per heavy atom. The number of para-hydroxylation sites is 1. The molecular weight excluding hydrogens is 950 g/mol. The maximum absolute atomic E-state index is 12.5. The van der Waals surface area contributed by atoms with Crippen LogP contribution in [0.1, 0.15) is 105 Å². The number of imidazole rings is 1. The van der Waals surface area contributed by atoms with Crippen LogP contribution in [0, 0.1) is 12.0 Å². The Balaban J connectivity index is 0.00000684. The third-order valence-electron chi connectivity index (χ3n) is 11.6. The monoisotopic (exact) mass is 1010 g/mol. The number of phenolic OH excluding ortho intramolecular Hbond substituents is 1. The van der Waals surface area contributed by atoms with E-state index in [-0.39, 0.29) is 72.8 Å². The molecule has 324 valence electrons. The van der Waals surface area contributed by atoms with Crippen LogP contribution in [0.4, 0.5) is 0 Å². The van der Waals surface area contributed by atoms with Gasteiger partial charge >= 0.3 is 0 Å². The zero-order valence-electron chi connectivity index (χ0n) is 43.3. The van der Waals surface area contributed by atoms with Gasteiger partial charge in [-0.05, 0) is 86.7 Å². The molecular formula is C58H60N3OPt-. The van der Waals surface area contributed by atoms with E-state index in [1.165, 1.54) is 5.56 Å². The quantitative estimate of drug-likeness (QED) is 0.154. The number of hydrogen-bond acceptors (Lipinski definition) is 3. The van der Waals surface area contributed by atoms with Crippen LogP contribution >= 0.6 is 0 Å². The first-order valence-corrected chi connectivity index (χ1v) is 21.6. The molecule has 0 aliphatic carbocycles. The van der Waals surface area contributed by atoms with Crippen LogP contribution in [0.15, 0.2) is 140 Å². The summed E-state index contributed by atoms with van der Waals surface area (Å²) >= 11 is 0. The van der Waals surface area contributed by atoms with Crippen LogP contribution in [0.5, 0.6) is 5.75 Å². The molecule has 8 aromatic rings. The molecule has 0 saturated heterocycles. The van der Waals surface area contributed by atoms with Gasteiger partial charge in [-0.2, -0.15) is 0 Å². The minimum absolute atomic E-state index is 0. The summed E-state index contributed by atoms with van der Waals surface area (Å²) in [5.74, 6) is 1.28. The van der Waals surface area contributed by atoms with E-state index in [9.17, 15) is 5.11 Å². The van der Waals surface area contributed by atoms with E-state index >= 15 is 0 Å². The second-order valence-corrected chi connectivity index (χ2v) is 20.1. The van der Waals surface area contributed by atoms with Crippen LogP contribution in [0.2, 0.25) is 0 Å². The average molecular weight is 1020 g/mol. The third-order valence-corrected chi connectivity index (χ3v) is 11.6. The van der Waals surface area contributed by atoms with Crippen molar-refractivity contribution >= 4 is 11.0 Å². The summed E-state index contributed by atoms with van der Waals surface area (Å²) in [6.45, 7) is 23.9. The van der Waals surface area contributed by atoms with Gasteiger partial charge in [-0.15, -0.1) is 29.3 Å². The Morgan fingerprint density at radius 2 is 1.33 bits per heavy atom. The predicted octanol–water partition coefficient (Wildman–Crippen LogP) is 15.3. The van der Waals surface area contributed by atoms with Crippen molar-refractivity contribution in [3.8, 4) is 67.5 Å². The number of phenols is 1. The average Bonchev–Trinajstić information content (AvgIpc) is 3.66. The Bertz CT molecular complexity index is 3180. The molecule has 2 heterocycles. The zero-order valence-corrected chi connectivity index (χ0v) is 40.6. The molecule has 0 fully saturated rings. The molecule has 5 heteroatoms. The van der Waals surface area contributed by atoms with Crippen molar-refractivity contribution in [2.24, 2.45) is 5.92 Å². The van der Waals surface area contributed by atoms with Crippen molar-refractivity contribution in [1.29, 1.82) is 0 Å². The summed E-state index contributed by atoms with van der Waals surface area (Å²) in [7, 11) is 0. The molecule has 0 amide bonds. The minimum Gasteiger partial charge on any atom is -0.507 e. The van der Waals surface area contributed by atoms with Crippen LogP contribution in [0.25, 0.3) is 72.7 Å². The van der Waals surface area contributed by atoms with Crippen LogP contribution in [-0.2, 0) is 43.7 Å². The van der Waals surface area contributed by atoms with Crippen molar-refractivity contribution in [3.05, 3.63) is 168 Å². The number of fused-ring (bicyclic) bond motifs is 1. The molecule has 0 unspecified atom stereocenters. The van der Waals surface area contributed by atoms with Crippen molar-refractivity contribution in [1.82, 2.24) is 14.5 Å². The summed E-state index contributed by atoms with van der Waals surface area (Å²) in [5, 5.41) is 12.5. The first-order chi connectivity index (χ1) is 31.4. The molecule has 0 radical (unpaired) electrons. The number of benzene rings is 6. The van der Waals surface area contributed by atoms with E-state index in [1.54, 1.807) is 18.3 Å². The Kier molecular flexibility index (Phi) is 10.9. The Labute approximate surface area is 396 Å². The maximum atomic E-state index is 12.5. The summed E-state index contributed by atoms with van der Waals surface area (Å²) < 4.78 is 44.5. The van der Waals surface area contributed by atoms with Gasteiger partial charge in [0.05, 0.1) is 29.1 Å². The van der Waals surface area contributed by atoms with Gasteiger partial charge in [0.15, 0.2) is 0 Å². The van der Waals surface area contributed by atoms with E-state index in [2.05, 4.69) is 172 Å². The van der Waals surface area contributed by atoms with E-state index < -0.39 is 6.04 Å². The SMILES string of the molecule is [2H]c1c([2H])c([2H])c(-c2ccnc(-c3[c-]c(-c4cccc5c4nc(-c4cc(C(C)(C)C)cc(C(C)(C)C)c4O)n5-c4ccc(CC(C)C)cc4-c4ccccc4)cc(C(C)(C)C)c3)c2)c([2H])c1[2H].[Pt]. The summed E-state index contributed by atoms with van der Waals surface area (Å²) in [6.07, 6.45) is 2.53. The molecule has 0 spiro atoms. The van der Waals surface area contributed by atoms with Crippen LogP contribution in [-0.4, -0.2) is 19.6 Å². The van der Waals surface area contributed by atoms with Gasteiger partial charge < -0.3 is 5.11 Å². The molecule has 0 aliphatic rings. The molecule has 2 aromatic heterocycles. The fraction of sp³-hybridized carbons (Fsp3) is 0.276. The van der Waals surface area contributed by atoms with E-state index in [0.29, 0.717) is 34.1 Å². The zero-order chi connectivity index (χ0) is 48.5. The van der Waals surface area contributed by atoms with Crippen molar-refractivity contribution in [3.63, 3.8) is 0 Å². The number of aromatic hydroxyl groups is 1. The Morgan fingerprint density at radius 3 is 2.00 bits per heavy atom. The number of aromatic nitrogens is 3. The normalized spacial score (nSPS) is 13.3. The summed E-state index contributed by atoms with van der Waals surface area (Å²) in [6, 6.07) is 37.3. The molecule has 63 heavy (non-hydrogen) atoms. The second-order valence-electron chi connectivity index (χ2n) is 20.1. The van der Waals surface area contributed by atoms with Gasteiger partial charge in [-0.1, -0.05) is 178 Å². The topological polar surface area (TPSA) is 50.9 Å². The first-order valence-electron chi connectivity index (χ1n) is 24.1. The summed E-state index contributed by atoms with van der Waals surface area (Å²) in [5.41, 5.74) is 12.0. The molecule has 4 nitrogen and oxygen atoms in total. The van der Waals surface area contributed by atoms with Gasteiger partial charge in [-0.3, -0.25) is 9.55 Å². The van der Waals surface area contributed by atoms with Crippen LogP contribution in [0.3, 0.4) is 0 Å². The van der Waals surface area contributed by atoms with Gasteiger partial charge in [0, 0.05) is 44.1 Å². The van der Waals surface area contributed by atoms with Crippen molar-refractivity contribution in [2.75, 3.05) is 0 Å². The van der Waals surface area contributed by atoms with Crippen molar-refractivity contribution in [2.45, 2.75) is 98.8 Å². The molecule has 0 bridgehead atoms. The summed E-state index contributed by atoms with van der Waals surface area (Å²) in [4.78, 5) is 10.4. The van der Waals surface area contributed by atoms with Gasteiger partial charge in [-0.25, -0.2) is 4.98 Å². The Hall–Kier alpha value is -5.57. The largest absolute Gasteiger partial charge is 0.507 e. The number of hydrogen-bond donors (Lipinski definition) is 1. The number of rotatable bonds is 8. The predicted molar refractivity (Wildman–Crippen MR) is 261 cm³/mol. The number of nitrogens with zero attached hydrogens (tertiary/aromatic N) is 3. The van der Waals surface area contributed by atoms with E-state index in [4.69, 9.17) is 16.8 Å². The maximum Gasteiger partial charge on any atom is 0.148 e. The molecule has 0 aliphatic heterocycles. The van der Waals surface area contributed by atoms with Gasteiger partial charge in [0.1, 0.15) is 11.6 Å². The van der Waals surface area contributed by atoms with E-state index in [1.807, 2.05) is 6.07 Å². The van der Waals surface area contributed by atoms with Gasteiger partial charge in [0.2, 0.25) is 0 Å². The number of pyridine rings is 1. The van der Waals surface area contributed by atoms with Gasteiger partial charge in [0.25, 0.3) is 0 Å². The minimum atomic E-state index is -0.435. The molecule has 8 rings (SSSR count). The third kappa shape index (κ3) is 9.39. The molecule has 0 atom stereocenters. The molecule has 0 saturated carbocycles. The smallest absolute Gasteiger partial charge is 0.148 e.